The summed E-state index contributed by atoms with van der Waals surface area (Å²) in [5.74, 6) is -1.54. The average Bonchev–Trinajstić information content (AvgIpc) is 3.22. The molecule has 2 N–H and O–H groups in total. The first-order valence-corrected chi connectivity index (χ1v) is 8.72. The van der Waals surface area contributed by atoms with Crippen LogP contribution in [0.4, 0.5) is 0 Å². The number of nitrogens with zero attached hydrogens (tertiary/aromatic N) is 3. The molecule has 0 fully saturated rings. The van der Waals surface area contributed by atoms with Crippen LogP contribution < -0.4 is 5.32 Å². The van der Waals surface area contributed by atoms with Gasteiger partial charge in [-0.15, -0.1) is 11.3 Å². The van der Waals surface area contributed by atoms with Crippen molar-refractivity contribution in [3.63, 3.8) is 0 Å². The molecule has 7 nitrogen and oxygen atoms in total. The largest absolute Gasteiger partial charge is 0.480 e. The van der Waals surface area contributed by atoms with Gasteiger partial charge in [0.1, 0.15) is 6.04 Å². The number of hydrogen-bond donors (Lipinski definition) is 2. The molecule has 3 rings (SSSR count). The maximum absolute atomic E-state index is 12.6. The minimum atomic E-state index is -1.09. The smallest absolute Gasteiger partial charge is 0.325 e. The molecule has 1 unspecified atom stereocenters. The van der Waals surface area contributed by atoms with Crippen LogP contribution in [-0.2, 0) is 4.79 Å². The van der Waals surface area contributed by atoms with Crippen LogP contribution in [0, 0.1) is 0 Å². The average molecular weight is 358 g/mol. The van der Waals surface area contributed by atoms with E-state index in [-0.39, 0.29) is 6.04 Å². The fourth-order valence-electron chi connectivity index (χ4n) is 2.47. The minimum Gasteiger partial charge on any atom is -0.480 e. The Bertz CT molecular complexity index is 931. The van der Waals surface area contributed by atoms with Crippen molar-refractivity contribution < 1.29 is 14.7 Å². The molecule has 0 aromatic carbocycles. The number of carbonyl (C=O) groups excluding carboxylic acids is 1. The predicted molar refractivity (Wildman–Crippen MR) is 95.8 cm³/mol. The Hall–Kier alpha value is -2.74. The second-order valence-corrected chi connectivity index (χ2v) is 6.93. The van der Waals surface area contributed by atoms with Crippen LogP contribution in [0.3, 0.4) is 0 Å². The van der Waals surface area contributed by atoms with Crippen LogP contribution in [-0.4, -0.2) is 37.8 Å². The third-order valence-corrected chi connectivity index (χ3v) is 4.68. The second kappa shape index (κ2) is 6.64. The topological polar surface area (TPSA) is 97.1 Å². The zero-order valence-electron chi connectivity index (χ0n) is 14.1. The zero-order chi connectivity index (χ0) is 18.1. The Labute approximate surface area is 148 Å². The van der Waals surface area contributed by atoms with Crippen LogP contribution in [0.25, 0.3) is 21.6 Å². The summed E-state index contributed by atoms with van der Waals surface area (Å²) < 4.78 is 1.75. The third kappa shape index (κ3) is 3.25. The molecule has 0 aliphatic rings. The molecule has 0 aliphatic carbocycles. The van der Waals surface area contributed by atoms with Crippen molar-refractivity contribution in [2.45, 2.75) is 32.9 Å². The number of aliphatic carboxylic acids is 1. The van der Waals surface area contributed by atoms with Crippen LogP contribution in [0.15, 0.2) is 29.8 Å². The fraction of sp³-hybridized carbons (Fsp3) is 0.294. The highest BCUT2D eigenvalue weighted by Gasteiger charge is 2.21. The van der Waals surface area contributed by atoms with Crippen molar-refractivity contribution in [1.29, 1.82) is 0 Å². The number of aromatic nitrogens is 3. The molecule has 0 spiro atoms. The number of carboxylic acid groups (broad SMARTS) is 1. The number of pyridine rings is 1. The molecule has 0 bridgehead atoms. The van der Waals surface area contributed by atoms with E-state index in [2.05, 4.69) is 15.4 Å². The molecule has 3 heterocycles. The lowest BCUT2D eigenvalue weighted by Crippen LogP contribution is -2.38. The summed E-state index contributed by atoms with van der Waals surface area (Å²) in [5.41, 5.74) is 1.64. The lowest BCUT2D eigenvalue weighted by atomic mass is 10.1. The van der Waals surface area contributed by atoms with E-state index in [1.165, 1.54) is 18.3 Å². The first-order chi connectivity index (χ1) is 11.9. The maximum Gasteiger partial charge on any atom is 0.325 e. The molecule has 3 aromatic heterocycles. The van der Waals surface area contributed by atoms with Crippen molar-refractivity contribution in [2.24, 2.45) is 0 Å². The Morgan fingerprint density at radius 1 is 1.32 bits per heavy atom. The van der Waals surface area contributed by atoms with Gasteiger partial charge in [0.15, 0.2) is 5.65 Å². The number of amides is 1. The fourth-order valence-corrected chi connectivity index (χ4v) is 3.16. The molecule has 8 heteroatoms. The van der Waals surface area contributed by atoms with Gasteiger partial charge in [0.2, 0.25) is 0 Å². The molecule has 0 aliphatic heterocycles. The van der Waals surface area contributed by atoms with Crippen molar-refractivity contribution in [1.82, 2.24) is 20.1 Å². The first kappa shape index (κ1) is 17.1. The highest BCUT2D eigenvalue weighted by molar-refractivity contribution is 7.13. The molecular weight excluding hydrogens is 340 g/mol. The Balaban J connectivity index is 2.16. The maximum atomic E-state index is 12.6. The number of nitrogens with one attached hydrogen (secondary N) is 1. The number of thiophene rings is 1. The highest BCUT2D eigenvalue weighted by atomic mass is 32.1. The number of carbonyl (C=O) groups is 2. The molecule has 130 valence electrons. The summed E-state index contributed by atoms with van der Waals surface area (Å²) in [5, 5.41) is 18.4. The summed E-state index contributed by atoms with van der Waals surface area (Å²) in [7, 11) is 0. The SMILES string of the molecule is CC(NC(=O)c1cc(-c2cccs2)nc2c1cnn2C(C)C)C(=O)O. The van der Waals surface area contributed by atoms with Gasteiger partial charge in [0.05, 0.1) is 27.7 Å². The monoisotopic (exact) mass is 358 g/mol. The Morgan fingerprint density at radius 3 is 2.68 bits per heavy atom. The number of hydrogen-bond acceptors (Lipinski definition) is 5. The van der Waals surface area contributed by atoms with Crippen LogP contribution in [0.5, 0.6) is 0 Å². The molecule has 0 saturated heterocycles. The number of rotatable bonds is 5. The van der Waals surface area contributed by atoms with E-state index in [0.717, 1.165) is 4.88 Å². The van der Waals surface area contributed by atoms with Gasteiger partial charge in [-0.1, -0.05) is 6.07 Å². The van der Waals surface area contributed by atoms with Gasteiger partial charge < -0.3 is 10.4 Å². The standard InChI is InChI=1S/C17H18N4O3S/c1-9(2)21-15-12(8-18-21)11(16(22)19-10(3)17(23)24)7-13(20-15)14-5-4-6-25-14/h4-10H,1-3H3,(H,19,22)(H,23,24). The molecule has 1 amide bonds. The molecule has 1 atom stereocenters. The van der Waals surface area contributed by atoms with Crippen molar-refractivity contribution in [2.75, 3.05) is 0 Å². The van der Waals surface area contributed by atoms with Crippen molar-refractivity contribution >= 4 is 34.2 Å². The predicted octanol–water partition coefficient (Wildman–Crippen LogP) is 2.94. The van der Waals surface area contributed by atoms with E-state index in [0.29, 0.717) is 22.3 Å². The van der Waals surface area contributed by atoms with Gasteiger partial charge in [-0.2, -0.15) is 5.10 Å². The van der Waals surface area contributed by atoms with Gasteiger partial charge in [0.25, 0.3) is 5.91 Å². The number of carboxylic acids is 1. The summed E-state index contributed by atoms with van der Waals surface area (Å²) in [6.45, 7) is 5.40. The van der Waals surface area contributed by atoms with E-state index in [1.807, 2.05) is 31.4 Å². The molecule has 3 aromatic rings. The summed E-state index contributed by atoms with van der Waals surface area (Å²) >= 11 is 1.52. The van der Waals surface area contributed by atoms with E-state index < -0.39 is 17.9 Å². The highest BCUT2D eigenvalue weighted by Crippen LogP contribution is 2.28. The second-order valence-electron chi connectivity index (χ2n) is 5.99. The van der Waals surface area contributed by atoms with Gasteiger partial charge in [-0.3, -0.25) is 9.59 Å². The first-order valence-electron chi connectivity index (χ1n) is 7.84. The van der Waals surface area contributed by atoms with E-state index in [1.54, 1.807) is 16.9 Å². The molecular formula is C17H18N4O3S. The van der Waals surface area contributed by atoms with Gasteiger partial charge in [-0.25, -0.2) is 9.67 Å². The van der Waals surface area contributed by atoms with Gasteiger partial charge >= 0.3 is 5.97 Å². The molecule has 0 saturated carbocycles. The van der Waals surface area contributed by atoms with E-state index in [9.17, 15) is 9.59 Å². The molecule has 0 radical (unpaired) electrons. The van der Waals surface area contributed by atoms with E-state index >= 15 is 0 Å². The number of fused-ring (bicyclic) bond motifs is 1. The van der Waals surface area contributed by atoms with Crippen LogP contribution >= 0.6 is 11.3 Å². The summed E-state index contributed by atoms with van der Waals surface area (Å²) in [4.78, 5) is 29.3. The quantitative estimate of drug-likeness (QED) is 0.731. The van der Waals surface area contributed by atoms with E-state index in [4.69, 9.17) is 5.11 Å². The lowest BCUT2D eigenvalue weighted by Gasteiger charge is -2.12. The van der Waals surface area contributed by atoms with Crippen molar-refractivity contribution in [3.8, 4) is 10.6 Å². The zero-order valence-corrected chi connectivity index (χ0v) is 14.9. The lowest BCUT2D eigenvalue weighted by molar-refractivity contribution is -0.138. The Kier molecular flexibility index (Phi) is 4.54. The van der Waals surface area contributed by atoms with Crippen LogP contribution in [0.2, 0.25) is 0 Å². The van der Waals surface area contributed by atoms with Gasteiger partial charge in [0, 0.05) is 6.04 Å². The minimum absolute atomic E-state index is 0.0810. The summed E-state index contributed by atoms with van der Waals surface area (Å²) in [6.07, 6.45) is 1.60. The normalized spacial score (nSPS) is 12.5. The van der Waals surface area contributed by atoms with Gasteiger partial charge in [-0.05, 0) is 38.3 Å². The van der Waals surface area contributed by atoms with Crippen LogP contribution in [0.1, 0.15) is 37.2 Å². The molecule has 25 heavy (non-hydrogen) atoms. The Morgan fingerprint density at radius 2 is 2.08 bits per heavy atom. The summed E-state index contributed by atoms with van der Waals surface area (Å²) in [6, 6.07) is 4.62. The third-order valence-electron chi connectivity index (χ3n) is 3.79. The van der Waals surface area contributed by atoms with Crippen molar-refractivity contribution in [3.05, 3.63) is 35.3 Å².